The number of benzene rings is 1. The molecule has 0 unspecified atom stereocenters. The number of sulfonamides is 1. The van der Waals surface area contributed by atoms with Crippen LogP contribution in [0.25, 0.3) is 0 Å². The number of aliphatic hydroxyl groups excluding tert-OH is 1. The van der Waals surface area contributed by atoms with Gasteiger partial charge < -0.3 is 14.9 Å². The monoisotopic (exact) mass is 343 g/mol. The number of aliphatic hydroxyl groups is 1. The van der Waals surface area contributed by atoms with Crippen LogP contribution in [0, 0.1) is 6.92 Å². The second-order valence-electron chi connectivity index (χ2n) is 5.70. The maximum atomic E-state index is 12.4. The summed E-state index contributed by atoms with van der Waals surface area (Å²) in [7, 11) is -3.72. The third kappa shape index (κ3) is 4.74. The van der Waals surface area contributed by atoms with E-state index in [0.717, 1.165) is 5.56 Å². The van der Waals surface area contributed by atoms with E-state index in [1.165, 1.54) is 12.1 Å². The largest absolute Gasteiger partial charge is 0.481 e. The van der Waals surface area contributed by atoms with Gasteiger partial charge in [-0.15, -0.1) is 0 Å². The van der Waals surface area contributed by atoms with Crippen LogP contribution in [0.4, 0.5) is 0 Å². The second-order valence-corrected chi connectivity index (χ2v) is 7.41. The number of aryl methyl sites for hydroxylation is 1. The number of carbonyl (C=O) groups is 1. The lowest BCUT2D eigenvalue weighted by Crippen LogP contribution is -2.51. The summed E-state index contributed by atoms with van der Waals surface area (Å²) in [5.41, 5.74) is 0.953. The normalized spacial score (nSPS) is 25.2. The molecular formula is C15H21NO6S. The molecule has 0 aromatic heterocycles. The maximum Gasteiger partial charge on any atom is 0.305 e. The first-order valence-electron chi connectivity index (χ1n) is 7.39. The second kappa shape index (κ2) is 7.39. The Hall–Kier alpha value is -1.48. The molecule has 0 spiro atoms. The van der Waals surface area contributed by atoms with E-state index >= 15 is 0 Å². The van der Waals surface area contributed by atoms with Crippen molar-refractivity contribution in [1.29, 1.82) is 0 Å². The lowest BCUT2D eigenvalue weighted by atomic mass is 9.98. The number of hydrogen-bond acceptors (Lipinski definition) is 5. The van der Waals surface area contributed by atoms with E-state index in [0.29, 0.717) is 12.8 Å². The zero-order valence-electron chi connectivity index (χ0n) is 12.8. The molecule has 0 amide bonds. The first-order valence-corrected chi connectivity index (χ1v) is 8.87. The van der Waals surface area contributed by atoms with Crippen LogP contribution in [0.1, 0.15) is 24.8 Å². The number of hydrogen-bond donors (Lipinski definition) is 3. The summed E-state index contributed by atoms with van der Waals surface area (Å²) in [5.74, 6) is -0.981. The summed E-state index contributed by atoms with van der Waals surface area (Å²) < 4.78 is 32.8. The summed E-state index contributed by atoms with van der Waals surface area (Å²) in [4.78, 5) is 10.9. The van der Waals surface area contributed by atoms with Gasteiger partial charge in [0.25, 0.3) is 0 Å². The van der Waals surface area contributed by atoms with Crippen molar-refractivity contribution in [1.82, 2.24) is 4.72 Å². The molecule has 0 bridgehead atoms. The molecule has 1 aliphatic rings. The Kier molecular flexibility index (Phi) is 5.74. The minimum Gasteiger partial charge on any atom is -0.481 e. The Morgan fingerprint density at radius 3 is 2.52 bits per heavy atom. The van der Waals surface area contributed by atoms with Gasteiger partial charge in [-0.3, -0.25) is 4.79 Å². The van der Waals surface area contributed by atoms with Crippen LogP contribution in [0.15, 0.2) is 29.2 Å². The van der Waals surface area contributed by atoms with E-state index in [-0.39, 0.29) is 17.9 Å². The summed E-state index contributed by atoms with van der Waals surface area (Å²) in [6, 6.07) is 5.86. The third-order valence-electron chi connectivity index (χ3n) is 3.84. The van der Waals surface area contributed by atoms with Crippen LogP contribution in [0.3, 0.4) is 0 Å². The van der Waals surface area contributed by atoms with E-state index < -0.39 is 34.2 Å². The molecule has 0 radical (unpaired) electrons. The van der Waals surface area contributed by atoms with Gasteiger partial charge in [0.1, 0.15) is 0 Å². The number of carboxylic acid groups (broad SMARTS) is 1. The average Bonchev–Trinajstić information content (AvgIpc) is 2.48. The zero-order chi connectivity index (χ0) is 17.0. The molecule has 128 valence electrons. The average molecular weight is 343 g/mol. The van der Waals surface area contributed by atoms with Crippen molar-refractivity contribution in [3.8, 4) is 0 Å². The first-order chi connectivity index (χ1) is 10.8. The molecule has 2 rings (SSSR count). The Labute approximate surface area is 135 Å². The van der Waals surface area contributed by atoms with Gasteiger partial charge in [-0.25, -0.2) is 13.1 Å². The van der Waals surface area contributed by atoms with Gasteiger partial charge in [-0.2, -0.15) is 0 Å². The highest BCUT2D eigenvalue weighted by Crippen LogP contribution is 2.23. The minimum atomic E-state index is -3.72. The first kappa shape index (κ1) is 17.9. The van der Waals surface area contributed by atoms with Crippen molar-refractivity contribution in [3.05, 3.63) is 29.8 Å². The summed E-state index contributed by atoms with van der Waals surface area (Å²) >= 11 is 0. The molecule has 1 aliphatic heterocycles. The number of rotatable bonds is 6. The SMILES string of the molecule is Cc1ccc(S(=O)(=O)N[C@@H]2CC[C@H](CC(=O)O)O[C@H]2CO)cc1. The van der Waals surface area contributed by atoms with Crippen molar-refractivity contribution in [3.63, 3.8) is 0 Å². The van der Waals surface area contributed by atoms with Gasteiger partial charge in [0.15, 0.2) is 0 Å². The lowest BCUT2D eigenvalue weighted by molar-refractivity contribution is -0.145. The van der Waals surface area contributed by atoms with E-state index in [9.17, 15) is 18.3 Å². The standard InChI is InChI=1S/C15H21NO6S/c1-10-2-5-12(6-3-10)23(20,21)16-13-7-4-11(8-15(18)19)22-14(13)9-17/h2-3,5-6,11,13-14,16-17H,4,7-9H2,1H3,(H,18,19)/t11-,13-,14+/m1/s1. The smallest absolute Gasteiger partial charge is 0.305 e. The highest BCUT2D eigenvalue weighted by atomic mass is 32.2. The maximum absolute atomic E-state index is 12.4. The third-order valence-corrected chi connectivity index (χ3v) is 5.34. The minimum absolute atomic E-state index is 0.146. The predicted molar refractivity (Wildman–Crippen MR) is 82.5 cm³/mol. The molecule has 23 heavy (non-hydrogen) atoms. The van der Waals surface area contributed by atoms with Crippen molar-refractivity contribution < 1.29 is 28.2 Å². The van der Waals surface area contributed by atoms with E-state index in [4.69, 9.17) is 9.84 Å². The Morgan fingerprint density at radius 2 is 1.96 bits per heavy atom. The molecule has 1 aromatic carbocycles. The van der Waals surface area contributed by atoms with Crippen molar-refractivity contribution in [2.75, 3.05) is 6.61 Å². The zero-order valence-corrected chi connectivity index (χ0v) is 13.6. The molecule has 1 aromatic rings. The Balaban J connectivity index is 2.06. The van der Waals surface area contributed by atoms with Gasteiger partial charge in [-0.1, -0.05) is 17.7 Å². The topological polar surface area (TPSA) is 113 Å². The van der Waals surface area contributed by atoms with Crippen LogP contribution in [0.2, 0.25) is 0 Å². The quantitative estimate of drug-likeness (QED) is 0.699. The van der Waals surface area contributed by atoms with Crippen molar-refractivity contribution >= 4 is 16.0 Å². The molecule has 3 atom stereocenters. The molecular weight excluding hydrogens is 322 g/mol. The molecule has 1 heterocycles. The number of carboxylic acids is 1. The van der Waals surface area contributed by atoms with Crippen LogP contribution in [-0.4, -0.2) is 49.5 Å². The van der Waals surface area contributed by atoms with Crippen molar-refractivity contribution in [2.45, 2.75) is 49.3 Å². The summed E-state index contributed by atoms with van der Waals surface area (Å²) in [6.45, 7) is 1.49. The highest BCUT2D eigenvalue weighted by molar-refractivity contribution is 7.89. The van der Waals surface area contributed by atoms with Gasteiger partial charge in [0, 0.05) is 0 Å². The molecule has 0 aliphatic carbocycles. The van der Waals surface area contributed by atoms with Crippen LogP contribution in [0.5, 0.6) is 0 Å². The van der Waals surface area contributed by atoms with Crippen LogP contribution < -0.4 is 4.72 Å². The molecule has 0 saturated carbocycles. The number of aliphatic carboxylic acids is 1. The molecule has 1 saturated heterocycles. The molecule has 1 fully saturated rings. The highest BCUT2D eigenvalue weighted by Gasteiger charge is 2.34. The Bertz CT molecular complexity index is 642. The van der Waals surface area contributed by atoms with E-state index in [1.54, 1.807) is 12.1 Å². The van der Waals surface area contributed by atoms with Gasteiger partial charge in [-0.05, 0) is 31.9 Å². The fraction of sp³-hybridized carbons (Fsp3) is 0.533. The predicted octanol–water partition coefficient (Wildman–Crippen LogP) is 0.657. The number of ether oxygens (including phenoxy) is 1. The summed E-state index contributed by atoms with van der Waals surface area (Å²) in [6.07, 6.45) is -0.593. The van der Waals surface area contributed by atoms with Gasteiger partial charge in [0.2, 0.25) is 10.0 Å². The lowest BCUT2D eigenvalue weighted by Gasteiger charge is -2.35. The molecule has 3 N–H and O–H groups in total. The number of nitrogens with one attached hydrogen (secondary N) is 1. The van der Waals surface area contributed by atoms with E-state index in [2.05, 4.69) is 4.72 Å². The van der Waals surface area contributed by atoms with Crippen LogP contribution >= 0.6 is 0 Å². The van der Waals surface area contributed by atoms with Gasteiger partial charge >= 0.3 is 5.97 Å². The fourth-order valence-electron chi connectivity index (χ4n) is 2.60. The molecule has 8 heteroatoms. The van der Waals surface area contributed by atoms with Crippen molar-refractivity contribution in [2.24, 2.45) is 0 Å². The Morgan fingerprint density at radius 1 is 1.30 bits per heavy atom. The molecule has 7 nitrogen and oxygen atoms in total. The fourth-order valence-corrected chi connectivity index (χ4v) is 3.89. The summed E-state index contributed by atoms with van der Waals surface area (Å²) in [5, 5.41) is 18.2. The van der Waals surface area contributed by atoms with Gasteiger partial charge in [0.05, 0.1) is 36.2 Å². The van der Waals surface area contributed by atoms with Crippen LogP contribution in [-0.2, 0) is 19.6 Å². The van der Waals surface area contributed by atoms with E-state index in [1.807, 2.05) is 6.92 Å².